The molecule has 1 aromatic heterocycles. The second-order valence-corrected chi connectivity index (χ2v) is 15.0. The second kappa shape index (κ2) is 10.9. The van der Waals surface area contributed by atoms with Crippen molar-refractivity contribution in [2.75, 3.05) is 6.61 Å². The van der Waals surface area contributed by atoms with Crippen LogP contribution < -0.4 is 4.72 Å². The van der Waals surface area contributed by atoms with Crippen LogP contribution in [0.2, 0.25) is 0 Å². The SMILES string of the molecule is CC[C@H]1[C@@H](O)[C@@H]2[C@H](CC[C@]3(C)[C@@H](CCCOC(=O)NS(=O)(=O)c4cccnc4)CC[C@@H]23)[C@@]2(C)CC[C@@H](O)C[C@@H]12. The Kier molecular flexibility index (Phi) is 8.08. The van der Waals surface area contributed by atoms with Crippen LogP contribution in [0, 0.1) is 46.3 Å². The van der Waals surface area contributed by atoms with E-state index in [9.17, 15) is 23.4 Å². The van der Waals surface area contributed by atoms with Gasteiger partial charge >= 0.3 is 6.09 Å². The topological polar surface area (TPSA) is 126 Å². The highest BCUT2D eigenvalue weighted by molar-refractivity contribution is 7.90. The van der Waals surface area contributed by atoms with Crippen LogP contribution in [0.25, 0.3) is 0 Å². The zero-order chi connectivity index (χ0) is 28.0. The van der Waals surface area contributed by atoms with Gasteiger partial charge in [0.05, 0.1) is 18.8 Å². The van der Waals surface area contributed by atoms with Crippen LogP contribution in [-0.4, -0.2) is 48.5 Å². The van der Waals surface area contributed by atoms with Gasteiger partial charge < -0.3 is 14.9 Å². The first-order valence-electron chi connectivity index (χ1n) is 15.0. The standard InChI is InChI=1S/C30H46N2O6S/c1-4-22-25-17-20(33)11-13-30(25,3)24-12-14-29(2)19(9-10-23(29)26(24)27(22)34)7-6-16-38-28(35)32-39(36,37)21-8-5-15-31-18-21/h5,8,15,18-20,22-27,33-34H,4,6-7,9-14,16-17H2,1-3H3,(H,32,35)/t19-,20+,22+,23-,24-,25-,26-,27+,29+,30+/m0/s1. The van der Waals surface area contributed by atoms with Crippen molar-refractivity contribution in [3.05, 3.63) is 24.5 Å². The molecule has 0 saturated heterocycles. The molecule has 4 aliphatic rings. The maximum atomic E-state index is 12.3. The average molecular weight is 563 g/mol. The molecule has 3 N–H and O–H groups in total. The molecule has 218 valence electrons. The Morgan fingerprint density at radius 1 is 1.10 bits per heavy atom. The fourth-order valence-electron chi connectivity index (χ4n) is 9.74. The summed E-state index contributed by atoms with van der Waals surface area (Å²) >= 11 is 0. The van der Waals surface area contributed by atoms with Crippen molar-refractivity contribution >= 4 is 16.1 Å². The predicted octanol–water partition coefficient (Wildman–Crippen LogP) is 4.90. The number of pyridine rings is 1. The van der Waals surface area contributed by atoms with Crippen LogP contribution >= 0.6 is 0 Å². The number of fused-ring (bicyclic) bond motifs is 5. The molecule has 4 saturated carbocycles. The van der Waals surface area contributed by atoms with E-state index in [1.807, 2.05) is 4.72 Å². The molecule has 8 nitrogen and oxygen atoms in total. The summed E-state index contributed by atoms with van der Waals surface area (Å²) < 4.78 is 31.8. The minimum atomic E-state index is -4.00. The number of aliphatic hydroxyl groups is 2. The van der Waals surface area contributed by atoms with Crippen molar-refractivity contribution in [1.82, 2.24) is 9.71 Å². The van der Waals surface area contributed by atoms with Crippen molar-refractivity contribution in [2.24, 2.45) is 46.3 Å². The number of carbonyl (C=O) groups excluding carboxylic acids is 1. The van der Waals surface area contributed by atoms with Gasteiger partial charge in [0.15, 0.2) is 0 Å². The Bertz CT molecular complexity index is 1130. The van der Waals surface area contributed by atoms with Crippen LogP contribution in [0.15, 0.2) is 29.4 Å². The summed E-state index contributed by atoms with van der Waals surface area (Å²) in [6.45, 7) is 7.25. The molecule has 0 spiro atoms. The van der Waals surface area contributed by atoms with Crippen LogP contribution in [-0.2, 0) is 14.8 Å². The first kappa shape index (κ1) is 28.8. The van der Waals surface area contributed by atoms with E-state index in [0.29, 0.717) is 36.0 Å². The molecular weight excluding hydrogens is 516 g/mol. The second-order valence-electron chi connectivity index (χ2n) is 13.3. The fourth-order valence-corrected chi connectivity index (χ4v) is 10.6. The summed E-state index contributed by atoms with van der Waals surface area (Å²) in [5.74, 6) is 2.47. The molecule has 1 aromatic rings. The van der Waals surface area contributed by atoms with Gasteiger partial charge in [-0.15, -0.1) is 0 Å². The summed E-state index contributed by atoms with van der Waals surface area (Å²) in [6, 6.07) is 2.87. The Labute approximate surface area is 233 Å². The van der Waals surface area contributed by atoms with Crippen LogP contribution in [0.3, 0.4) is 0 Å². The third-order valence-corrected chi connectivity index (χ3v) is 13.0. The van der Waals surface area contributed by atoms with Gasteiger partial charge in [-0.2, -0.15) is 0 Å². The third-order valence-electron chi connectivity index (χ3n) is 11.7. The van der Waals surface area contributed by atoms with Gasteiger partial charge in [-0.05, 0) is 116 Å². The van der Waals surface area contributed by atoms with Crippen molar-refractivity contribution in [3.63, 3.8) is 0 Å². The maximum absolute atomic E-state index is 12.3. The van der Waals surface area contributed by atoms with E-state index in [4.69, 9.17) is 4.74 Å². The number of amides is 1. The monoisotopic (exact) mass is 562 g/mol. The van der Waals surface area contributed by atoms with Gasteiger partial charge in [0, 0.05) is 12.4 Å². The van der Waals surface area contributed by atoms with E-state index in [0.717, 1.165) is 57.8 Å². The lowest BCUT2D eigenvalue weighted by molar-refractivity contribution is -0.202. The molecule has 0 unspecified atom stereocenters. The number of carbonyl (C=O) groups is 1. The molecule has 0 aliphatic heterocycles. The minimum absolute atomic E-state index is 0.0812. The number of aromatic nitrogens is 1. The number of nitrogens with zero attached hydrogens (tertiary/aromatic N) is 1. The largest absolute Gasteiger partial charge is 0.449 e. The van der Waals surface area contributed by atoms with E-state index >= 15 is 0 Å². The molecule has 0 bridgehead atoms. The van der Waals surface area contributed by atoms with Gasteiger partial charge in [-0.1, -0.05) is 27.2 Å². The fraction of sp³-hybridized carbons (Fsp3) is 0.800. The van der Waals surface area contributed by atoms with Gasteiger partial charge in [0.1, 0.15) is 4.90 Å². The lowest BCUT2D eigenvalue weighted by atomic mass is 9.41. The molecule has 10 atom stereocenters. The summed E-state index contributed by atoms with van der Waals surface area (Å²) in [5.41, 5.74) is 0.351. The molecule has 39 heavy (non-hydrogen) atoms. The molecule has 0 aromatic carbocycles. The number of ether oxygens (including phenoxy) is 1. The Morgan fingerprint density at radius 2 is 1.85 bits per heavy atom. The van der Waals surface area contributed by atoms with Crippen molar-refractivity contribution in [3.8, 4) is 0 Å². The highest BCUT2D eigenvalue weighted by Crippen LogP contribution is 2.69. The van der Waals surface area contributed by atoms with Gasteiger partial charge in [-0.3, -0.25) is 4.98 Å². The van der Waals surface area contributed by atoms with Gasteiger partial charge in [0.2, 0.25) is 0 Å². The van der Waals surface area contributed by atoms with E-state index in [-0.39, 0.29) is 40.5 Å². The number of hydrogen-bond donors (Lipinski definition) is 3. The number of nitrogens with one attached hydrogen (secondary N) is 1. The molecule has 5 rings (SSSR count). The molecule has 1 heterocycles. The van der Waals surface area contributed by atoms with Crippen LogP contribution in [0.4, 0.5) is 4.79 Å². The maximum Gasteiger partial charge on any atom is 0.421 e. The quantitative estimate of drug-likeness (QED) is 0.404. The normalized spacial score (nSPS) is 41.7. The summed E-state index contributed by atoms with van der Waals surface area (Å²) in [6.07, 6.45) is 11.0. The molecule has 9 heteroatoms. The summed E-state index contributed by atoms with van der Waals surface area (Å²) in [5, 5.41) is 22.3. The highest BCUT2D eigenvalue weighted by Gasteiger charge is 2.64. The summed E-state index contributed by atoms with van der Waals surface area (Å²) in [7, 11) is -4.00. The first-order valence-corrected chi connectivity index (χ1v) is 16.5. The smallest absolute Gasteiger partial charge is 0.421 e. The summed E-state index contributed by atoms with van der Waals surface area (Å²) in [4.78, 5) is 15.9. The first-order chi connectivity index (χ1) is 18.5. The zero-order valence-corrected chi connectivity index (χ0v) is 24.4. The Hall–Kier alpha value is -1.71. The van der Waals surface area contributed by atoms with Crippen molar-refractivity contribution in [1.29, 1.82) is 0 Å². The number of sulfonamides is 1. The number of hydrogen-bond acceptors (Lipinski definition) is 7. The highest BCUT2D eigenvalue weighted by atomic mass is 32.2. The van der Waals surface area contributed by atoms with Crippen LogP contribution in [0.5, 0.6) is 0 Å². The molecule has 1 amide bonds. The predicted molar refractivity (Wildman–Crippen MR) is 147 cm³/mol. The van der Waals surface area contributed by atoms with Crippen LogP contribution in [0.1, 0.15) is 85.0 Å². The lowest BCUT2D eigenvalue weighted by Crippen LogP contribution is -2.62. The number of aliphatic hydroxyl groups excluding tert-OH is 2. The lowest BCUT2D eigenvalue weighted by Gasteiger charge is -2.64. The van der Waals surface area contributed by atoms with Crippen molar-refractivity contribution in [2.45, 2.75) is 102 Å². The Morgan fingerprint density at radius 3 is 2.56 bits per heavy atom. The Balaban J connectivity index is 1.19. The number of rotatable bonds is 7. The average Bonchev–Trinajstić information content (AvgIpc) is 3.24. The molecule has 4 fully saturated rings. The molecule has 4 aliphatic carbocycles. The minimum Gasteiger partial charge on any atom is -0.449 e. The third kappa shape index (κ3) is 5.12. The van der Waals surface area contributed by atoms with Gasteiger partial charge in [0.25, 0.3) is 10.0 Å². The van der Waals surface area contributed by atoms with Gasteiger partial charge in [-0.25, -0.2) is 17.9 Å². The molecule has 0 radical (unpaired) electrons. The van der Waals surface area contributed by atoms with E-state index in [1.165, 1.54) is 24.5 Å². The van der Waals surface area contributed by atoms with E-state index < -0.39 is 16.1 Å². The van der Waals surface area contributed by atoms with E-state index in [2.05, 4.69) is 25.8 Å². The van der Waals surface area contributed by atoms with Crippen molar-refractivity contribution < 1.29 is 28.2 Å². The zero-order valence-electron chi connectivity index (χ0n) is 23.6. The molecular formula is C30H46N2O6S. The van der Waals surface area contributed by atoms with E-state index in [1.54, 1.807) is 0 Å².